The molecule has 0 aliphatic rings. The van der Waals surface area contributed by atoms with Crippen LogP contribution in [0.1, 0.15) is 44.9 Å². The monoisotopic (exact) mass is 454 g/mol. The van der Waals surface area contributed by atoms with Crippen LogP contribution in [0.5, 0.6) is 0 Å². The minimum absolute atomic E-state index is 0.240. The summed E-state index contributed by atoms with van der Waals surface area (Å²) in [6.45, 7) is 7.73. The molecule has 0 aliphatic heterocycles. The highest BCUT2D eigenvalue weighted by Gasteiger charge is 2.20. The van der Waals surface area contributed by atoms with Crippen molar-refractivity contribution in [3.63, 3.8) is 0 Å². The topological polar surface area (TPSA) is 116 Å². The molecule has 0 unspecified atom stereocenters. The number of rotatable bonds is 6. The van der Waals surface area contributed by atoms with E-state index in [4.69, 9.17) is 0 Å². The summed E-state index contributed by atoms with van der Waals surface area (Å²) in [4.78, 5) is 38.4. The predicted octanol–water partition coefficient (Wildman–Crippen LogP) is 4.13. The van der Waals surface area contributed by atoms with E-state index in [1.807, 2.05) is 39.0 Å². The van der Waals surface area contributed by atoms with Crippen LogP contribution in [0.2, 0.25) is 0 Å². The summed E-state index contributed by atoms with van der Waals surface area (Å²) in [5.74, 6) is 1.52. The van der Waals surface area contributed by atoms with E-state index in [-0.39, 0.29) is 11.5 Å². The fourth-order valence-electron chi connectivity index (χ4n) is 3.24. The summed E-state index contributed by atoms with van der Waals surface area (Å²) in [5, 5.41) is 11.0. The Balaban J connectivity index is 1.59. The Morgan fingerprint density at radius 3 is 2.71 bits per heavy atom. The van der Waals surface area contributed by atoms with Crippen LogP contribution < -0.4 is 10.9 Å². The number of carbonyl (C=O) groups excluding carboxylic acids is 1. The Labute approximate surface area is 186 Å². The van der Waals surface area contributed by atoms with Crippen molar-refractivity contribution in [1.82, 2.24) is 25.1 Å². The summed E-state index contributed by atoms with van der Waals surface area (Å²) in [6.07, 6.45) is 0.774. The SMILES string of the molecule is CCc1nc(SCc2nc3sc(C(=O)Nc4ccc(C)cc4C)c(C)c3c(=O)[nH]2)n[nH]1. The molecule has 0 aliphatic carbocycles. The number of nitrogens with one attached hydrogen (secondary N) is 3. The van der Waals surface area contributed by atoms with Crippen LogP contribution in [0.15, 0.2) is 28.2 Å². The largest absolute Gasteiger partial charge is 0.321 e. The fraction of sp³-hybridized carbons (Fsp3) is 0.286. The standard InChI is InChI=1S/C21H22N6O2S2/c1-5-14-25-21(27-26-14)30-9-15-23-18(28)16-12(4)17(31-20(16)24-15)19(29)22-13-7-6-10(2)8-11(13)3/h6-8H,5,9H2,1-4H3,(H,22,29)(H,23,24,28)(H,25,26,27). The van der Waals surface area contributed by atoms with Crippen molar-refractivity contribution in [2.24, 2.45) is 0 Å². The first kappa shape index (κ1) is 21.3. The third-order valence-electron chi connectivity index (χ3n) is 4.87. The summed E-state index contributed by atoms with van der Waals surface area (Å²) >= 11 is 2.62. The number of nitrogens with zero attached hydrogens (tertiary/aromatic N) is 3. The molecule has 10 heteroatoms. The molecule has 0 radical (unpaired) electrons. The van der Waals surface area contributed by atoms with Gasteiger partial charge in [-0.2, -0.15) is 0 Å². The number of H-pyrrole nitrogens is 2. The number of aromatic nitrogens is 5. The zero-order chi connectivity index (χ0) is 22.1. The number of thioether (sulfide) groups is 1. The molecule has 1 aromatic carbocycles. The molecule has 4 aromatic rings. The molecule has 0 atom stereocenters. The van der Waals surface area contributed by atoms with Crippen molar-refractivity contribution in [2.75, 3.05) is 5.32 Å². The molecule has 0 saturated carbocycles. The van der Waals surface area contributed by atoms with Gasteiger partial charge in [-0.25, -0.2) is 9.97 Å². The average molecular weight is 455 g/mol. The molecule has 0 fully saturated rings. The molecule has 3 heterocycles. The third-order valence-corrected chi connectivity index (χ3v) is 6.91. The Morgan fingerprint density at radius 1 is 1.19 bits per heavy atom. The van der Waals surface area contributed by atoms with Gasteiger partial charge in [0.05, 0.1) is 16.0 Å². The molecule has 0 spiro atoms. The molecule has 31 heavy (non-hydrogen) atoms. The van der Waals surface area contributed by atoms with Crippen molar-refractivity contribution in [3.8, 4) is 0 Å². The maximum Gasteiger partial charge on any atom is 0.266 e. The molecule has 0 saturated heterocycles. The van der Waals surface area contributed by atoms with Gasteiger partial charge in [0.15, 0.2) is 0 Å². The van der Waals surface area contributed by atoms with Crippen LogP contribution in [0.25, 0.3) is 10.2 Å². The van der Waals surface area contributed by atoms with E-state index in [9.17, 15) is 9.59 Å². The molecule has 1 amide bonds. The van der Waals surface area contributed by atoms with Gasteiger partial charge >= 0.3 is 0 Å². The molecule has 160 valence electrons. The Hall–Kier alpha value is -2.98. The minimum Gasteiger partial charge on any atom is -0.321 e. The number of benzene rings is 1. The number of aryl methyl sites for hydroxylation is 4. The summed E-state index contributed by atoms with van der Waals surface area (Å²) < 4.78 is 0. The number of fused-ring (bicyclic) bond motifs is 1. The van der Waals surface area contributed by atoms with Gasteiger partial charge < -0.3 is 10.3 Å². The van der Waals surface area contributed by atoms with E-state index in [1.165, 1.54) is 23.1 Å². The Kier molecular flexibility index (Phi) is 5.92. The van der Waals surface area contributed by atoms with Gasteiger partial charge in [-0.05, 0) is 38.0 Å². The third kappa shape index (κ3) is 4.40. The Morgan fingerprint density at radius 2 is 2.00 bits per heavy atom. The zero-order valence-corrected chi connectivity index (χ0v) is 19.3. The van der Waals surface area contributed by atoms with Gasteiger partial charge in [0.2, 0.25) is 5.16 Å². The first-order chi connectivity index (χ1) is 14.9. The normalized spacial score (nSPS) is 11.2. The predicted molar refractivity (Wildman–Crippen MR) is 124 cm³/mol. The second-order valence-corrected chi connectivity index (χ2v) is 9.17. The van der Waals surface area contributed by atoms with Crippen LogP contribution in [0.4, 0.5) is 5.69 Å². The number of anilines is 1. The van der Waals surface area contributed by atoms with Crippen molar-refractivity contribution < 1.29 is 4.79 Å². The lowest BCUT2D eigenvalue weighted by Crippen LogP contribution is -2.13. The van der Waals surface area contributed by atoms with Gasteiger partial charge in [-0.15, -0.1) is 16.4 Å². The Bertz CT molecular complexity index is 1340. The van der Waals surface area contributed by atoms with Crippen LogP contribution in [0.3, 0.4) is 0 Å². The van der Waals surface area contributed by atoms with E-state index in [0.717, 1.165) is 29.1 Å². The van der Waals surface area contributed by atoms with E-state index >= 15 is 0 Å². The second-order valence-electron chi connectivity index (χ2n) is 7.23. The molecule has 3 aromatic heterocycles. The number of hydrogen-bond donors (Lipinski definition) is 3. The molecule has 0 bridgehead atoms. The lowest BCUT2D eigenvalue weighted by molar-refractivity contribution is 0.103. The number of aromatic amines is 2. The summed E-state index contributed by atoms with van der Waals surface area (Å²) in [5.41, 5.74) is 3.26. The lowest BCUT2D eigenvalue weighted by Gasteiger charge is -2.08. The quantitative estimate of drug-likeness (QED) is 0.377. The fourth-order valence-corrected chi connectivity index (χ4v) is 5.02. The molecule has 3 N–H and O–H groups in total. The van der Waals surface area contributed by atoms with E-state index in [0.29, 0.717) is 37.4 Å². The molecular formula is C21H22N6O2S2. The smallest absolute Gasteiger partial charge is 0.266 e. The van der Waals surface area contributed by atoms with Crippen LogP contribution in [0, 0.1) is 20.8 Å². The van der Waals surface area contributed by atoms with Crippen molar-refractivity contribution >= 4 is 44.9 Å². The minimum atomic E-state index is -0.246. The lowest BCUT2D eigenvalue weighted by atomic mass is 10.1. The number of hydrogen-bond acceptors (Lipinski definition) is 7. The highest BCUT2D eigenvalue weighted by atomic mass is 32.2. The van der Waals surface area contributed by atoms with Crippen LogP contribution in [-0.4, -0.2) is 31.1 Å². The number of thiophene rings is 1. The summed E-state index contributed by atoms with van der Waals surface area (Å²) in [7, 11) is 0. The van der Waals surface area contributed by atoms with Gasteiger partial charge in [0.25, 0.3) is 11.5 Å². The zero-order valence-electron chi connectivity index (χ0n) is 17.6. The molecule has 4 rings (SSSR count). The van der Waals surface area contributed by atoms with Crippen molar-refractivity contribution in [3.05, 3.63) is 61.8 Å². The second kappa shape index (κ2) is 8.64. The maximum atomic E-state index is 12.9. The molecular weight excluding hydrogens is 432 g/mol. The first-order valence-corrected chi connectivity index (χ1v) is 11.6. The highest BCUT2D eigenvalue weighted by molar-refractivity contribution is 7.98. The number of amides is 1. The average Bonchev–Trinajstić information content (AvgIpc) is 3.33. The van der Waals surface area contributed by atoms with E-state index in [1.54, 1.807) is 6.92 Å². The van der Waals surface area contributed by atoms with Crippen LogP contribution in [-0.2, 0) is 12.2 Å². The van der Waals surface area contributed by atoms with E-state index in [2.05, 4.69) is 30.5 Å². The summed E-state index contributed by atoms with van der Waals surface area (Å²) in [6, 6.07) is 5.86. The van der Waals surface area contributed by atoms with Gasteiger partial charge in [-0.3, -0.25) is 14.7 Å². The van der Waals surface area contributed by atoms with Crippen LogP contribution >= 0.6 is 23.1 Å². The van der Waals surface area contributed by atoms with Crippen molar-refractivity contribution in [2.45, 2.75) is 45.0 Å². The van der Waals surface area contributed by atoms with Gasteiger partial charge in [0, 0.05) is 12.1 Å². The highest BCUT2D eigenvalue weighted by Crippen LogP contribution is 2.29. The number of carbonyl (C=O) groups is 1. The van der Waals surface area contributed by atoms with Crippen molar-refractivity contribution in [1.29, 1.82) is 0 Å². The van der Waals surface area contributed by atoms with E-state index < -0.39 is 0 Å². The first-order valence-electron chi connectivity index (χ1n) is 9.80. The molecule has 8 nitrogen and oxygen atoms in total. The maximum absolute atomic E-state index is 12.9. The van der Waals surface area contributed by atoms with Gasteiger partial charge in [-0.1, -0.05) is 36.4 Å². The van der Waals surface area contributed by atoms with Gasteiger partial charge in [0.1, 0.15) is 16.5 Å².